The maximum atomic E-state index is 12.9. The lowest BCUT2D eigenvalue weighted by atomic mass is 10.1. The van der Waals surface area contributed by atoms with E-state index in [0.29, 0.717) is 11.4 Å². The van der Waals surface area contributed by atoms with Gasteiger partial charge >= 0.3 is 0 Å². The molecule has 0 unspecified atom stereocenters. The van der Waals surface area contributed by atoms with E-state index in [1.165, 1.54) is 0 Å². The molecule has 4 nitrogen and oxygen atoms in total. The second kappa shape index (κ2) is 5.82. The number of rotatable bonds is 3. The van der Waals surface area contributed by atoms with Crippen molar-refractivity contribution in [2.45, 2.75) is 37.6 Å². The van der Waals surface area contributed by atoms with Gasteiger partial charge in [0.25, 0.3) is 0 Å². The van der Waals surface area contributed by atoms with Crippen molar-refractivity contribution in [2.75, 3.05) is 6.54 Å². The van der Waals surface area contributed by atoms with Crippen LogP contribution in [0, 0.1) is 13.8 Å². The average molecular weight is 316 g/mol. The topological polar surface area (TPSA) is 50.3 Å². The van der Waals surface area contributed by atoms with E-state index in [4.69, 9.17) is 0 Å². The summed E-state index contributed by atoms with van der Waals surface area (Å²) >= 11 is 0. The molecule has 1 fully saturated rings. The quantitative estimate of drug-likeness (QED) is 0.873. The maximum absolute atomic E-state index is 12.9. The monoisotopic (exact) mass is 316 g/mol. The maximum Gasteiger partial charge on any atom is 0.243 e. The van der Waals surface area contributed by atoms with Gasteiger partial charge in [-0.2, -0.15) is 4.31 Å². The summed E-state index contributed by atoms with van der Waals surface area (Å²) in [5, 5.41) is 0. The van der Waals surface area contributed by atoms with Crippen LogP contribution in [0.4, 0.5) is 0 Å². The Morgan fingerprint density at radius 2 is 1.82 bits per heavy atom. The van der Waals surface area contributed by atoms with Crippen LogP contribution in [-0.4, -0.2) is 24.3 Å². The molecule has 22 heavy (non-hydrogen) atoms. The van der Waals surface area contributed by atoms with E-state index in [1.807, 2.05) is 38.1 Å². The lowest BCUT2D eigenvalue weighted by Gasteiger charge is -2.24. The number of sulfonamides is 1. The third-order valence-corrected chi connectivity index (χ3v) is 6.03. The van der Waals surface area contributed by atoms with Crippen LogP contribution in [0.25, 0.3) is 0 Å². The summed E-state index contributed by atoms with van der Waals surface area (Å²) in [5.74, 6) is 0. The standard InChI is InChI=1S/C17H20N2O2S/c1-13-5-7-15(8-6-13)22(20,21)19-11-3-4-17(19)16-12-14(2)9-10-18-16/h5-10,12,17H,3-4,11H2,1-2H3/t17-/m0/s1. The summed E-state index contributed by atoms with van der Waals surface area (Å²) in [5.41, 5.74) is 3.00. The van der Waals surface area contributed by atoms with E-state index in [2.05, 4.69) is 4.98 Å². The first kappa shape index (κ1) is 15.2. The molecular formula is C17H20N2O2S. The number of aromatic nitrogens is 1. The molecular weight excluding hydrogens is 296 g/mol. The van der Waals surface area contributed by atoms with Crippen molar-refractivity contribution in [1.29, 1.82) is 0 Å². The van der Waals surface area contributed by atoms with Gasteiger partial charge in [-0.25, -0.2) is 8.42 Å². The fraction of sp³-hybridized carbons (Fsp3) is 0.353. The van der Waals surface area contributed by atoms with Gasteiger partial charge in [0.15, 0.2) is 0 Å². The van der Waals surface area contributed by atoms with Crippen molar-refractivity contribution in [3.05, 3.63) is 59.4 Å². The van der Waals surface area contributed by atoms with Gasteiger partial charge in [-0.3, -0.25) is 4.98 Å². The second-order valence-electron chi connectivity index (χ2n) is 5.84. The Balaban J connectivity index is 1.97. The Bertz CT molecular complexity index is 770. The van der Waals surface area contributed by atoms with E-state index in [0.717, 1.165) is 29.7 Å². The SMILES string of the molecule is Cc1ccc(S(=O)(=O)N2CCC[C@H]2c2cc(C)ccn2)cc1. The van der Waals surface area contributed by atoms with Crippen LogP contribution in [0.5, 0.6) is 0 Å². The molecule has 2 heterocycles. The van der Waals surface area contributed by atoms with Crippen LogP contribution >= 0.6 is 0 Å². The van der Waals surface area contributed by atoms with E-state index in [9.17, 15) is 8.42 Å². The first-order valence-electron chi connectivity index (χ1n) is 7.49. The van der Waals surface area contributed by atoms with Crippen LogP contribution in [0.3, 0.4) is 0 Å². The summed E-state index contributed by atoms with van der Waals surface area (Å²) < 4.78 is 27.4. The van der Waals surface area contributed by atoms with Crippen LogP contribution in [-0.2, 0) is 10.0 Å². The van der Waals surface area contributed by atoms with Crippen LogP contribution in [0.2, 0.25) is 0 Å². The number of nitrogens with zero attached hydrogens (tertiary/aromatic N) is 2. The zero-order valence-corrected chi connectivity index (χ0v) is 13.7. The third kappa shape index (κ3) is 2.78. The highest BCUT2D eigenvalue weighted by atomic mass is 32.2. The number of pyridine rings is 1. The Labute approximate surface area is 131 Å². The molecule has 0 saturated carbocycles. The Morgan fingerprint density at radius 3 is 2.50 bits per heavy atom. The smallest absolute Gasteiger partial charge is 0.243 e. The highest BCUT2D eigenvalue weighted by Crippen LogP contribution is 2.35. The number of hydrogen-bond donors (Lipinski definition) is 0. The summed E-state index contributed by atoms with van der Waals surface area (Å²) in [6.45, 7) is 4.50. The number of benzene rings is 1. The molecule has 1 aromatic heterocycles. The summed E-state index contributed by atoms with van der Waals surface area (Å²) in [7, 11) is -3.47. The molecule has 1 aromatic carbocycles. The molecule has 2 aromatic rings. The zero-order chi connectivity index (χ0) is 15.7. The molecule has 0 spiro atoms. The van der Waals surface area contributed by atoms with E-state index < -0.39 is 10.0 Å². The van der Waals surface area contributed by atoms with Crippen molar-refractivity contribution >= 4 is 10.0 Å². The largest absolute Gasteiger partial charge is 0.260 e. The molecule has 0 radical (unpaired) electrons. The minimum atomic E-state index is -3.47. The number of aryl methyl sites for hydroxylation is 2. The van der Waals surface area contributed by atoms with Gasteiger partial charge in [0.1, 0.15) is 0 Å². The minimum absolute atomic E-state index is 0.161. The van der Waals surface area contributed by atoms with E-state index >= 15 is 0 Å². The zero-order valence-electron chi connectivity index (χ0n) is 12.9. The molecule has 0 amide bonds. The van der Waals surface area contributed by atoms with Crippen molar-refractivity contribution in [3.63, 3.8) is 0 Å². The highest BCUT2D eigenvalue weighted by Gasteiger charge is 2.36. The molecule has 0 N–H and O–H groups in total. The highest BCUT2D eigenvalue weighted by molar-refractivity contribution is 7.89. The molecule has 116 valence electrons. The van der Waals surface area contributed by atoms with Gasteiger partial charge in [0.05, 0.1) is 16.6 Å². The van der Waals surface area contributed by atoms with Crippen molar-refractivity contribution in [2.24, 2.45) is 0 Å². The van der Waals surface area contributed by atoms with E-state index in [1.54, 1.807) is 22.6 Å². The molecule has 3 rings (SSSR count). The van der Waals surface area contributed by atoms with Gasteiger partial charge in [0, 0.05) is 12.7 Å². The van der Waals surface area contributed by atoms with Crippen molar-refractivity contribution in [1.82, 2.24) is 9.29 Å². The molecule has 5 heteroatoms. The lowest BCUT2D eigenvalue weighted by Crippen LogP contribution is -2.31. The predicted molar refractivity (Wildman–Crippen MR) is 86.0 cm³/mol. The predicted octanol–water partition coefficient (Wildman–Crippen LogP) is 3.22. The second-order valence-corrected chi connectivity index (χ2v) is 7.74. The molecule has 1 saturated heterocycles. The van der Waals surface area contributed by atoms with Crippen molar-refractivity contribution in [3.8, 4) is 0 Å². The molecule has 1 aliphatic rings. The Morgan fingerprint density at radius 1 is 1.09 bits per heavy atom. The normalized spacial score (nSPS) is 19.5. The van der Waals surface area contributed by atoms with Crippen LogP contribution in [0.1, 0.15) is 35.7 Å². The Kier molecular flexibility index (Phi) is 4.02. The Hall–Kier alpha value is -1.72. The van der Waals surface area contributed by atoms with Gasteiger partial charge in [-0.05, 0) is 56.5 Å². The summed E-state index contributed by atoms with van der Waals surface area (Å²) in [4.78, 5) is 4.75. The lowest BCUT2D eigenvalue weighted by molar-refractivity contribution is 0.390. The van der Waals surface area contributed by atoms with Crippen LogP contribution in [0.15, 0.2) is 47.5 Å². The average Bonchev–Trinajstić information content (AvgIpc) is 2.98. The van der Waals surface area contributed by atoms with E-state index in [-0.39, 0.29) is 6.04 Å². The first-order chi connectivity index (χ1) is 10.5. The fourth-order valence-corrected chi connectivity index (χ4v) is 4.58. The minimum Gasteiger partial charge on any atom is -0.260 e. The molecule has 1 aliphatic heterocycles. The van der Waals surface area contributed by atoms with Gasteiger partial charge < -0.3 is 0 Å². The van der Waals surface area contributed by atoms with Gasteiger partial charge in [-0.15, -0.1) is 0 Å². The fourth-order valence-electron chi connectivity index (χ4n) is 2.91. The third-order valence-electron chi connectivity index (χ3n) is 4.11. The van der Waals surface area contributed by atoms with Gasteiger partial charge in [-0.1, -0.05) is 17.7 Å². The number of hydrogen-bond acceptors (Lipinski definition) is 3. The molecule has 0 aliphatic carbocycles. The first-order valence-corrected chi connectivity index (χ1v) is 8.93. The van der Waals surface area contributed by atoms with Crippen molar-refractivity contribution < 1.29 is 8.42 Å². The van der Waals surface area contributed by atoms with Crippen LogP contribution < -0.4 is 0 Å². The summed E-state index contributed by atoms with van der Waals surface area (Å²) in [6, 6.07) is 10.8. The molecule has 0 bridgehead atoms. The van der Waals surface area contributed by atoms with Gasteiger partial charge in [0.2, 0.25) is 10.0 Å². The summed E-state index contributed by atoms with van der Waals surface area (Å²) in [6.07, 6.45) is 3.44. The molecule has 1 atom stereocenters.